The van der Waals surface area contributed by atoms with E-state index in [0.29, 0.717) is 10.0 Å². The Morgan fingerprint density at radius 1 is 1.17 bits per heavy atom. The van der Waals surface area contributed by atoms with Crippen LogP contribution in [0.3, 0.4) is 0 Å². The summed E-state index contributed by atoms with van der Waals surface area (Å²) in [4.78, 5) is 1.13. The molecule has 2 aromatic rings. The number of likely N-dealkylation sites (N-methyl/N-ethyl adjacent to an activating group) is 1. The first kappa shape index (κ1) is 14.2. The molecule has 1 atom stereocenters. The van der Waals surface area contributed by atoms with Gasteiger partial charge in [-0.3, -0.25) is 0 Å². The summed E-state index contributed by atoms with van der Waals surface area (Å²) in [7, 11) is 1.92. The number of hydrogen-bond donors (Lipinski definition) is 1. The van der Waals surface area contributed by atoms with E-state index in [4.69, 9.17) is 34.8 Å². The van der Waals surface area contributed by atoms with Gasteiger partial charge in [-0.25, -0.2) is 0 Å². The van der Waals surface area contributed by atoms with Crippen LogP contribution in [0.2, 0.25) is 15.1 Å². The Labute approximate surface area is 126 Å². The van der Waals surface area contributed by atoms with Crippen LogP contribution in [-0.2, 0) is 6.42 Å². The van der Waals surface area contributed by atoms with Crippen molar-refractivity contribution in [2.24, 2.45) is 0 Å². The maximum Gasteiger partial charge on any atom is 0.0561 e. The molecule has 1 N–H and O–H groups in total. The number of nitrogens with one attached hydrogen (secondary N) is 1. The molecule has 2 rings (SSSR count). The van der Waals surface area contributed by atoms with E-state index in [2.05, 4.69) is 5.32 Å². The van der Waals surface area contributed by atoms with Crippen molar-refractivity contribution < 1.29 is 0 Å². The highest BCUT2D eigenvalue weighted by Crippen LogP contribution is 2.32. The summed E-state index contributed by atoms with van der Waals surface area (Å²) in [5.74, 6) is 0. The lowest BCUT2D eigenvalue weighted by molar-refractivity contribution is 0.602. The largest absolute Gasteiger partial charge is 0.312 e. The lowest BCUT2D eigenvalue weighted by Crippen LogP contribution is -2.18. The zero-order chi connectivity index (χ0) is 13.1. The van der Waals surface area contributed by atoms with Crippen molar-refractivity contribution in [3.8, 4) is 0 Å². The van der Waals surface area contributed by atoms with Crippen molar-refractivity contribution >= 4 is 46.1 Å². The number of halogens is 3. The average Bonchev–Trinajstić information content (AvgIpc) is 2.75. The highest BCUT2D eigenvalue weighted by molar-refractivity contribution is 7.10. The standard InChI is InChI=1S/C13H12Cl3NS/c1-17-12(13-10(15)4-5-18-13)6-8-2-3-9(14)7-11(8)16/h2-5,7,12,17H,6H2,1H3. The van der Waals surface area contributed by atoms with Crippen LogP contribution in [0.15, 0.2) is 29.6 Å². The van der Waals surface area contributed by atoms with Crippen LogP contribution < -0.4 is 5.32 Å². The van der Waals surface area contributed by atoms with Gasteiger partial charge in [-0.05, 0) is 42.6 Å². The Morgan fingerprint density at radius 3 is 2.50 bits per heavy atom. The summed E-state index contributed by atoms with van der Waals surface area (Å²) >= 11 is 19.9. The van der Waals surface area contributed by atoms with Gasteiger partial charge in [-0.1, -0.05) is 40.9 Å². The van der Waals surface area contributed by atoms with Crippen LogP contribution in [0.4, 0.5) is 0 Å². The van der Waals surface area contributed by atoms with E-state index in [1.165, 1.54) is 0 Å². The molecule has 0 spiro atoms. The van der Waals surface area contributed by atoms with Gasteiger partial charge >= 0.3 is 0 Å². The number of thiophene rings is 1. The molecule has 1 heterocycles. The molecule has 0 saturated carbocycles. The maximum atomic E-state index is 6.19. The van der Waals surface area contributed by atoms with Gasteiger partial charge in [-0.15, -0.1) is 11.3 Å². The van der Waals surface area contributed by atoms with Crippen LogP contribution >= 0.6 is 46.1 Å². The van der Waals surface area contributed by atoms with Gasteiger partial charge in [0.1, 0.15) is 0 Å². The Bertz CT molecular complexity index is 539. The predicted molar refractivity (Wildman–Crippen MR) is 81.3 cm³/mol. The molecule has 0 aliphatic rings. The molecule has 1 aromatic heterocycles. The summed E-state index contributed by atoms with van der Waals surface area (Å²) in [6.07, 6.45) is 0.784. The summed E-state index contributed by atoms with van der Waals surface area (Å²) in [6, 6.07) is 7.65. The van der Waals surface area contributed by atoms with Crippen molar-refractivity contribution in [2.45, 2.75) is 12.5 Å². The molecule has 18 heavy (non-hydrogen) atoms. The van der Waals surface area contributed by atoms with Gasteiger partial charge in [0.05, 0.1) is 5.02 Å². The summed E-state index contributed by atoms with van der Waals surface area (Å²) in [5.41, 5.74) is 1.06. The van der Waals surface area contributed by atoms with Crippen LogP contribution in [0.5, 0.6) is 0 Å². The third-order valence-electron chi connectivity index (χ3n) is 2.75. The van der Waals surface area contributed by atoms with Crippen molar-refractivity contribution in [3.05, 3.63) is 55.2 Å². The van der Waals surface area contributed by atoms with E-state index in [0.717, 1.165) is 21.9 Å². The number of hydrogen-bond acceptors (Lipinski definition) is 2. The third-order valence-corrected chi connectivity index (χ3v) is 4.81. The molecule has 0 saturated heterocycles. The summed E-state index contributed by atoms with van der Waals surface area (Å²) < 4.78 is 0. The minimum Gasteiger partial charge on any atom is -0.312 e. The average molecular weight is 321 g/mol. The first-order chi connectivity index (χ1) is 8.61. The van der Waals surface area contributed by atoms with E-state index < -0.39 is 0 Å². The first-order valence-electron chi connectivity index (χ1n) is 5.46. The molecular formula is C13H12Cl3NS. The van der Waals surface area contributed by atoms with Gasteiger partial charge in [0.2, 0.25) is 0 Å². The zero-order valence-electron chi connectivity index (χ0n) is 9.71. The molecule has 1 unspecified atom stereocenters. The quantitative estimate of drug-likeness (QED) is 0.815. The molecule has 5 heteroatoms. The Morgan fingerprint density at radius 2 is 1.94 bits per heavy atom. The third kappa shape index (κ3) is 3.19. The minimum absolute atomic E-state index is 0.163. The molecule has 0 aliphatic heterocycles. The minimum atomic E-state index is 0.163. The fourth-order valence-corrected chi connectivity index (χ4v) is 3.57. The molecule has 0 aliphatic carbocycles. The second-order valence-corrected chi connectivity index (χ2v) is 6.11. The van der Waals surface area contributed by atoms with Crippen LogP contribution in [-0.4, -0.2) is 7.05 Å². The van der Waals surface area contributed by atoms with Gasteiger partial charge in [0, 0.05) is 21.0 Å². The van der Waals surface area contributed by atoms with E-state index in [1.807, 2.05) is 30.6 Å². The van der Waals surface area contributed by atoms with Gasteiger partial charge in [0.15, 0.2) is 0 Å². The van der Waals surface area contributed by atoms with Crippen molar-refractivity contribution in [1.82, 2.24) is 5.32 Å². The Kier molecular flexibility index (Phi) is 4.93. The molecule has 1 aromatic carbocycles. The van der Waals surface area contributed by atoms with E-state index in [9.17, 15) is 0 Å². The Balaban J connectivity index is 2.23. The molecule has 0 bridgehead atoms. The second-order valence-electron chi connectivity index (χ2n) is 3.91. The molecule has 0 radical (unpaired) electrons. The van der Waals surface area contributed by atoms with Gasteiger partial charge in [0.25, 0.3) is 0 Å². The van der Waals surface area contributed by atoms with Crippen molar-refractivity contribution in [1.29, 1.82) is 0 Å². The zero-order valence-corrected chi connectivity index (χ0v) is 12.8. The van der Waals surface area contributed by atoms with Gasteiger partial charge in [-0.2, -0.15) is 0 Å². The summed E-state index contributed by atoms with van der Waals surface area (Å²) in [6.45, 7) is 0. The van der Waals surface area contributed by atoms with Crippen LogP contribution in [0.1, 0.15) is 16.5 Å². The first-order valence-corrected chi connectivity index (χ1v) is 7.47. The van der Waals surface area contributed by atoms with E-state index in [-0.39, 0.29) is 6.04 Å². The fraction of sp³-hybridized carbons (Fsp3) is 0.231. The normalized spacial score (nSPS) is 12.7. The van der Waals surface area contributed by atoms with E-state index >= 15 is 0 Å². The lowest BCUT2D eigenvalue weighted by Gasteiger charge is -2.16. The monoisotopic (exact) mass is 319 g/mol. The molecule has 0 fully saturated rings. The molecule has 1 nitrogen and oxygen atoms in total. The Hall–Kier alpha value is -0.250. The maximum absolute atomic E-state index is 6.19. The predicted octanol–water partition coefficient (Wildman–Crippen LogP) is 5.21. The van der Waals surface area contributed by atoms with Crippen molar-refractivity contribution in [3.63, 3.8) is 0 Å². The van der Waals surface area contributed by atoms with Crippen LogP contribution in [0, 0.1) is 0 Å². The van der Waals surface area contributed by atoms with Gasteiger partial charge < -0.3 is 5.32 Å². The van der Waals surface area contributed by atoms with Crippen molar-refractivity contribution in [2.75, 3.05) is 7.05 Å². The lowest BCUT2D eigenvalue weighted by atomic mass is 10.0. The molecule has 96 valence electrons. The summed E-state index contributed by atoms with van der Waals surface area (Å²) in [5, 5.41) is 7.40. The topological polar surface area (TPSA) is 12.0 Å². The second kappa shape index (κ2) is 6.27. The molecular weight excluding hydrogens is 309 g/mol. The SMILES string of the molecule is CNC(Cc1ccc(Cl)cc1Cl)c1sccc1Cl. The fourth-order valence-electron chi connectivity index (χ4n) is 1.79. The smallest absolute Gasteiger partial charge is 0.0561 e. The molecule has 0 amide bonds. The highest BCUT2D eigenvalue weighted by Gasteiger charge is 2.16. The van der Waals surface area contributed by atoms with E-state index in [1.54, 1.807) is 17.4 Å². The highest BCUT2D eigenvalue weighted by atomic mass is 35.5. The van der Waals surface area contributed by atoms with Crippen LogP contribution in [0.25, 0.3) is 0 Å². The number of rotatable bonds is 4. The number of benzene rings is 1.